The van der Waals surface area contributed by atoms with Crippen molar-refractivity contribution < 1.29 is 4.79 Å². The van der Waals surface area contributed by atoms with Gasteiger partial charge >= 0.3 is 0 Å². The van der Waals surface area contributed by atoms with Crippen molar-refractivity contribution in [2.24, 2.45) is 13.0 Å². The summed E-state index contributed by atoms with van der Waals surface area (Å²) in [5.74, 6) is -0.180. The van der Waals surface area contributed by atoms with Crippen molar-refractivity contribution >= 4 is 5.91 Å². The lowest BCUT2D eigenvalue weighted by Gasteiger charge is -2.14. The van der Waals surface area contributed by atoms with Gasteiger partial charge in [0, 0.05) is 19.3 Å². The van der Waals surface area contributed by atoms with E-state index in [-0.39, 0.29) is 17.9 Å². The standard InChI is InChI=1S/C11H14N4O/c1-15-7-9(6-13-15)11(16)14-10-4-2-3-8(10)5-12/h6-8,10H,2-4H2,1H3,(H,14,16). The smallest absolute Gasteiger partial charge is 0.254 e. The Morgan fingerprint density at radius 1 is 1.69 bits per heavy atom. The van der Waals surface area contributed by atoms with Gasteiger partial charge in [0.25, 0.3) is 5.91 Å². The first-order chi connectivity index (χ1) is 7.70. The molecule has 1 N–H and O–H groups in total. The van der Waals surface area contributed by atoms with E-state index in [0.717, 1.165) is 19.3 Å². The minimum Gasteiger partial charge on any atom is -0.348 e. The second-order valence-corrected chi connectivity index (χ2v) is 4.15. The number of rotatable bonds is 2. The van der Waals surface area contributed by atoms with Gasteiger partial charge in [-0.15, -0.1) is 0 Å². The van der Waals surface area contributed by atoms with Crippen LogP contribution >= 0.6 is 0 Å². The molecule has 2 atom stereocenters. The number of nitrogens with one attached hydrogen (secondary N) is 1. The third-order valence-electron chi connectivity index (χ3n) is 2.97. The topological polar surface area (TPSA) is 70.7 Å². The van der Waals surface area contributed by atoms with Gasteiger partial charge in [0.1, 0.15) is 0 Å². The molecule has 84 valence electrons. The molecule has 0 aliphatic heterocycles. The van der Waals surface area contributed by atoms with Gasteiger partial charge < -0.3 is 5.32 Å². The molecule has 1 heterocycles. The van der Waals surface area contributed by atoms with Crippen molar-refractivity contribution in [2.75, 3.05) is 0 Å². The highest BCUT2D eigenvalue weighted by Gasteiger charge is 2.28. The Hall–Kier alpha value is -1.83. The molecule has 1 aromatic heterocycles. The van der Waals surface area contributed by atoms with Crippen LogP contribution in [0.1, 0.15) is 29.6 Å². The van der Waals surface area contributed by atoms with E-state index in [1.165, 1.54) is 6.20 Å². The molecule has 1 fully saturated rings. The van der Waals surface area contributed by atoms with Crippen molar-refractivity contribution in [3.63, 3.8) is 0 Å². The Morgan fingerprint density at radius 3 is 3.12 bits per heavy atom. The number of carbonyl (C=O) groups is 1. The summed E-state index contributed by atoms with van der Waals surface area (Å²) in [7, 11) is 1.77. The summed E-state index contributed by atoms with van der Waals surface area (Å²) in [6.45, 7) is 0. The van der Waals surface area contributed by atoms with E-state index in [4.69, 9.17) is 5.26 Å². The molecule has 0 bridgehead atoms. The molecule has 0 aromatic carbocycles. The molecule has 0 spiro atoms. The van der Waals surface area contributed by atoms with Crippen LogP contribution in [0, 0.1) is 17.2 Å². The van der Waals surface area contributed by atoms with Gasteiger partial charge in [0.2, 0.25) is 0 Å². The number of nitriles is 1. The molecule has 2 unspecified atom stereocenters. The summed E-state index contributed by atoms with van der Waals surface area (Å²) in [4.78, 5) is 11.8. The largest absolute Gasteiger partial charge is 0.348 e. The third kappa shape index (κ3) is 2.06. The Kier molecular flexibility index (Phi) is 2.91. The number of aryl methyl sites for hydroxylation is 1. The lowest BCUT2D eigenvalue weighted by molar-refractivity contribution is 0.0933. The van der Waals surface area contributed by atoms with Crippen LogP contribution in [0.3, 0.4) is 0 Å². The molecule has 1 aliphatic carbocycles. The molecule has 16 heavy (non-hydrogen) atoms. The Labute approximate surface area is 94.1 Å². The molecule has 1 amide bonds. The van der Waals surface area contributed by atoms with E-state index >= 15 is 0 Å². The van der Waals surface area contributed by atoms with Gasteiger partial charge in [-0.2, -0.15) is 10.4 Å². The van der Waals surface area contributed by atoms with Crippen molar-refractivity contribution in [1.82, 2.24) is 15.1 Å². The van der Waals surface area contributed by atoms with E-state index in [2.05, 4.69) is 16.5 Å². The Morgan fingerprint density at radius 2 is 2.50 bits per heavy atom. The average Bonchev–Trinajstić information content (AvgIpc) is 2.86. The molecular weight excluding hydrogens is 204 g/mol. The summed E-state index contributed by atoms with van der Waals surface area (Å²) in [6, 6.07) is 2.24. The number of amides is 1. The van der Waals surface area contributed by atoms with Crippen LogP contribution < -0.4 is 5.32 Å². The number of nitrogens with zero attached hydrogens (tertiary/aromatic N) is 3. The van der Waals surface area contributed by atoms with Crippen molar-refractivity contribution in [3.8, 4) is 6.07 Å². The maximum atomic E-state index is 11.8. The van der Waals surface area contributed by atoms with Gasteiger partial charge in [-0.05, 0) is 19.3 Å². The predicted octanol–water partition coefficient (Wildman–Crippen LogP) is 0.842. The van der Waals surface area contributed by atoms with Crippen LogP contribution in [-0.4, -0.2) is 21.7 Å². The fraction of sp³-hybridized carbons (Fsp3) is 0.545. The number of carbonyl (C=O) groups excluding carboxylic acids is 1. The highest BCUT2D eigenvalue weighted by Crippen LogP contribution is 2.24. The first-order valence-corrected chi connectivity index (χ1v) is 5.40. The molecule has 0 radical (unpaired) electrons. The lowest BCUT2D eigenvalue weighted by Crippen LogP contribution is -2.36. The normalized spacial score (nSPS) is 24.0. The third-order valence-corrected chi connectivity index (χ3v) is 2.97. The van der Waals surface area contributed by atoms with Crippen molar-refractivity contribution in [2.45, 2.75) is 25.3 Å². The summed E-state index contributed by atoms with van der Waals surface area (Å²) >= 11 is 0. The maximum absolute atomic E-state index is 11.8. The SMILES string of the molecule is Cn1cc(C(=O)NC2CCCC2C#N)cn1. The van der Waals surface area contributed by atoms with Crippen LogP contribution in [0.2, 0.25) is 0 Å². The molecule has 5 nitrogen and oxygen atoms in total. The Bertz CT molecular complexity index is 431. The number of aromatic nitrogens is 2. The zero-order valence-electron chi connectivity index (χ0n) is 9.18. The van der Waals surface area contributed by atoms with Gasteiger partial charge in [-0.3, -0.25) is 9.48 Å². The van der Waals surface area contributed by atoms with Gasteiger partial charge in [0.05, 0.1) is 23.7 Å². The summed E-state index contributed by atoms with van der Waals surface area (Å²) in [5.41, 5.74) is 0.547. The first kappa shape index (κ1) is 10.7. The summed E-state index contributed by atoms with van der Waals surface area (Å²) in [5, 5.41) is 15.7. The van der Waals surface area contributed by atoms with E-state index in [1.54, 1.807) is 17.9 Å². The molecule has 1 aromatic rings. The zero-order valence-corrected chi connectivity index (χ0v) is 9.18. The van der Waals surface area contributed by atoms with Crippen LogP contribution in [0.4, 0.5) is 0 Å². The van der Waals surface area contributed by atoms with E-state index in [1.807, 2.05) is 0 Å². The number of hydrogen-bond acceptors (Lipinski definition) is 3. The van der Waals surface area contributed by atoms with Gasteiger partial charge in [-0.1, -0.05) is 0 Å². The van der Waals surface area contributed by atoms with E-state index < -0.39 is 0 Å². The minimum atomic E-state index is -0.139. The number of hydrogen-bond donors (Lipinski definition) is 1. The molecular formula is C11H14N4O. The fourth-order valence-electron chi connectivity index (χ4n) is 2.08. The highest BCUT2D eigenvalue weighted by molar-refractivity contribution is 5.93. The molecule has 0 saturated heterocycles. The van der Waals surface area contributed by atoms with Crippen LogP contribution in [0.25, 0.3) is 0 Å². The average molecular weight is 218 g/mol. The predicted molar refractivity (Wildman–Crippen MR) is 57.4 cm³/mol. The molecule has 2 rings (SSSR count). The van der Waals surface area contributed by atoms with Gasteiger partial charge in [0.15, 0.2) is 0 Å². The summed E-state index contributed by atoms with van der Waals surface area (Å²) in [6.07, 6.45) is 5.99. The van der Waals surface area contributed by atoms with Crippen molar-refractivity contribution in [1.29, 1.82) is 5.26 Å². The zero-order chi connectivity index (χ0) is 11.5. The molecule has 1 aliphatic rings. The highest BCUT2D eigenvalue weighted by atomic mass is 16.1. The first-order valence-electron chi connectivity index (χ1n) is 5.40. The Balaban J connectivity index is 2.00. The molecule has 1 saturated carbocycles. The van der Waals surface area contributed by atoms with Crippen LogP contribution in [0.15, 0.2) is 12.4 Å². The second-order valence-electron chi connectivity index (χ2n) is 4.15. The maximum Gasteiger partial charge on any atom is 0.254 e. The van der Waals surface area contributed by atoms with Gasteiger partial charge in [-0.25, -0.2) is 0 Å². The second kappa shape index (κ2) is 4.35. The van der Waals surface area contributed by atoms with E-state index in [9.17, 15) is 4.79 Å². The lowest BCUT2D eigenvalue weighted by atomic mass is 10.1. The fourth-order valence-corrected chi connectivity index (χ4v) is 2.08. The van der Waals surface area contributed by atoms with Crippen LogP contribution in [-0.2, 0) is 7.05 Å². The van der Waals surface area contributed by atoms with Crippen molar-refractivity contribution in [3.05, 3.63) is 18.0 Å². The quantitative estimate of drug-likeness (QED) is 0.799. The van der Waals surface area contributed by atoms with E-state index in [0.29, 0.717) is 5.56 Å². The monoisotopic (exact) mass is 218 g/mol. The summed E-state index contributed by atoms with van der Waals surface area (Å²) < 4.78 is 1.59. The minimum absolute atomic E-state index is 0.00212. The van der Waals surface area contributed by atoms with Crippen LogP contribution in [0.5, 0.6) is 0 Å². The molecule has 5 heteroatoms.